The molecular formula is C18H23F2N3O6S. The minimum Gasteiger partial charge on any atom is -0.477 e. The molecule has 12 heteroatoms. The van der Waals surface area contributed by atoms with Crippen LogP contribution in [0.4, 0.5) is 14.5 Å². The second kappa shape index (κ2) is 9.06. The van der Waals surface area contributed by atoms with Gasteiger partial charge in [0.2, 0.25) is 5.43 Å². The largest absolute Gasteiger partial charge is 0.477 e. The minimum atomic E-state index is -3.67. The molecule has 166 valence electrons. The van der Waals surface area contributed by atoms with Crippen LogP contribution in [-0.4, -0.2) is 60.5 Å². The van der Waals surface area contributed by atoms with Gasteiger partial charge in [-0.1, -0.05) is 0 Å². The third kappa shape index (κ3) is 5.32. The fraction of sp³-hybridized carbons (Fsp3) is 0.444. The number of halogens is 2. The first-order chi connectivity index (χ1) is 13.8. The number of nitrogens with zero attached hydrogens (tertiary/aromatic N) is 2. The Kier molecular flexibility index (Phi) is 7.16. The number of carboxylic acids is 1. The van der Waals surface area contributed by atoms with Crippen LogP contribution in [0.1, 0.15) is 24.2 Å². The molecule has 2 heterocycles. The van der Waals surface area contributed by atoms with Crippen molar-refractivity contribution in [2.45, 2.75) is 26.4 Å². The molecule has 1 aromatic heterocycles. The maximum absolute atomic E-state index is 15.2. The lowest BCUT2D eigenvalue weighted by Crippen LogP contribution is -2.49. The Morgan fingerprint density at radius 1 is 1.37 bits per heavy atom. The number of fused-ring (bicyclic) bond motifs is 1. The number of benzene rings is 1. The van der Waals surface area contributed by atoms with Gasteiger partial charge in [0, 0.05) is 38.4 Å². The molecule has 30 heavy (non-hydrogen) atoms. The topological polar surface area (TPSA) is 129 Å². The molecule has 1 aliphatic rings. The van der Waals surface area contributed by atoms with Crippen LogP contribution in [-0.2, 0) is 16.7 Å². The van der Waals surface area contributed by atoms with Crippen LogP contribution in [0.3, 0.4) is 0 Å². The summed E-state index contributed by atoms with van der Waals surface area (Å²) in [6.07, 6.45) is 1.82. The molecule has 1 aromatic carbocycles. The molecule has 1 saturated heterocycles. The first kappa shape index (κ1) is 23.7. The van der Waals surface area contributed by atoms with E-state index in [1.807, 2.05) is 6.92 Å². The van der Waals surface area contributed by atoms with Crippen molar-refractivity contribution in [1.82, 2.24) is 9.88 Å². The van der Waals surface area contributed by atoms with E-state index in [0.29, 0.717) is 25.9 Å². The Bertz CT molecular complexity index is 1130. The summed E-state index contributed by atoms with van der Waals surface area (Å²) >= 11 is 0. The number of hydrogen-bond acceptors (Lipinski definition) is 6. The van der Waals surface area contributed by atoms with Gasteiger partial charge in [-0.05, 0) is 19.9 Å². The molecule has 1 unspecified atom stereocenters. The number of aromatic nitrogens is 1. The van der Waals surface area contributed by atoms with E-state index < -0.39 is 38.7 Å². The third-order valence-corrected chi connectivity index (χ3v) is 4.49. The van der Waals surface area contributed by atoms with Crippen molar-refractivity contribution in [2.75, 3.05) is 30.8 Å². The van der Waals surface area contributed by atoms with Gasteiger partial charge in [-0.25, -0.2) is 13.6 Å². The SMILES string of the molecule is CCn1cc(C(=O)O)c(=O)c2cc(F)c(N3CCNC(C)C3)c(F)c21.CS(=O)(=O)O. The fourth-order valence-electron chi connectivity index (χ4n) is 3.30. The second-order valence-corrected chi connectivity index (χ2v) is 8.38. The van der Waals surface area contributed by atoms with E-state index in [1.165, 1.54) is 4.57 Å². The van der Waals surface area contributed by atoms with Gasteiger partial charge in [0.1, 0.15) is 17.1 Å². The molecule has 1 aliphatic heterocycles. The van der Waals surface area contributed by atoms with Crippen molar-refractivity contribution in [3.63, 3.8) is 0 Å². The summed E-state index contributed by atoms with van der Waals surface area (Å²) in [5.41, 5.74) is -1.63. The number of anilines is 1. The number of nitrogens with one attached hydrogen (secondary N) is 1. The highest BCUT2D eigenvalue weighted by molar-refractivity contribution is 7.85. The maximum Gasteiger partial charge on any atom is 0.341 e. The number of hydrogen-bond donors (Lipinski definition) is 3. The van der Waals surface area contributed by atoms with Crippen molar-refractivity contribution in [3.05, 3.63) is 39.7 Å². The Balaban J connectivity index is 0.000000575. The van der Waals surface area contributed by atoms with Crippen LogP contribution in [0, 0.1) is 11.6 Å². The quantitative estimate of drug-likeness (QED) is 0.601. The van der Waals surface area contributed by atoms with Gasteiger partial charge >= 0.3 is 5.97 Å². The predicted octanol–water partition coefficient (Wildman–Crippen LogP) is 1.30. The van der Waals surface area contributed by atoms with Crippen LogP contribution < -0.4 is 15.6 Å². The summed E-state index contributed by atoms with van der Waals surface area (Å²) in [5.74, 6) is -3.11. The molecular weight excluding hydrogens is 424 g/mol. The zero-order chi connectivity index (χ0) is 22.8. The van der Waals surface area contributed by atoms with Crippen molar-refractivity contribution < 1.29 is 31.7 Å². The van der Waals surface area contributed by atoms with E-state index in [1.54, 1.807) is 11.8 Å². The van der Waals surface area contributed by atoms with E-state index >= 15 is 4.39 Å². The monoisotopic (exact) mass is 447 g/mol. The number of aryl methyl sites for hydroxylation is 1. The maximum atomic E-state index is 15.2. The molecule has 1 atom stereocenters. The number of piperazine rings is 1. The lowest BCUT2D eigenvalue weighted by Gasteiger charge is -2.34. The van der Waals surface area contributed by atoms with Crippen molar-refractivity contribution in [2.24, 2.45) is 0 Å². The molecule has 0 aliphatic carbocycles. The normalized spacial score (nSPS) is 16.9. The summed E-state index contributed by atoms with van der Waals surface area (Å²) in [6.45, 7) is 5.33. The van der Waals surface area contributed by atoms with Crippen LogP contribution in [0.25, 0.3) is 10.9 Å². The summed E-state index contributed by atoms with van der Waals surface area (Å²) in [6, 6.07) is 1.02. The third-order valence-electron chi connectivity index (χ3n) is 4.49. The minimum absolute atomic E-state index is 0.0694. The van der Waals surface area contributed by atoms with Gasteiger partial charge in [-0.15, -0.1) is 0 Å². The van der Waals surface area contributed by atoms with Gasteiger partial charge < -0.3 is 19.9 Å². The van der Waals surface area contributed by atoms with Crippen LogP contribution in [0.2, 0.25) is 0 Å². The summed E-state index contributed by atoms with van der Waals surface area (Å²) in [7, 11) is -3.67. The van der Waals surface area contributed by atoms with E-state index in [2.05, 4.69) is 5.32 Å². The van der Waals surface area contributed by atoms with Gasteiger partial charge in [0.25, 0.3) is 10.1 Å². The fourth-order valence-corrected chi connectivity index (χ4v) is 3.30. The number of rotatable bonds is 3. The average Bonchev–Trinajstić information content (AvgIpc) is 2.61. The van der Waals surface area contributed by atoms with E-state index in [-0.39, 0.29) is 29.2 Å². The first-order valence-corrected chi connectivity index (χ1v) is 10.9. The van der Waals surface area contributed by atoms with E-state index in [4.69, 9.17) is 9.66 Å². The molecule has 0 radical (unpaired) electrons. The Hall–Kier alpha value is -2.57. The molecule has 0 spiro atoms. The number of pyridine rings is 1. The molecule has 0 bridgehead atoms. The molecule has 1 fully saturated rings. The second-order valence-electron chi connectivity index (χ2n) is 6.91. The van der Waals surface area contributed by atoms with Gasteiger partial charge in [0.05, 0.1) is 17.2 Å². The number of aromatic carboxylic acids is 1. The lowest BCUT2D eigenvalue weighted by atomic mass is 10.1. The molecule has 3 rings (SSSR count). The molecule has 9 nitrogen and oxygen atoms in total. The summed E-state index contributed by atoms with van der Waals surface area (Å²) < 4.78 is 57.0. The van der Waals surface area contributed by atoms with Gasteiger partial charge in [0.15, 0.2) is 5.82 Å². The Morgan fingerprint density at radius 3 is 2.47 bits per heavy atom. The lowest BCUT2D eigenvalue weighted by molar-refractivity contribution is 0.0694. The number of carbonyl (C=O) groups is 1. The van der Waals surface area contributed by atoms with E-state index in [9.17, 15) is 22.4 Å². The van der Waals surface area contributed by atoms with Crippen LogP contribution in [0.15, 0.2) is 17.1 Å². The molecule has 0 saturated carbocycles. The average molecular weight is 447 g/mol. The van der Waals surface area contributed by atoms with Gasteiger partial charge in [-0.2, -0.15) is 8.42 Å². The smallest absolute Gasteiger partial charge is 0.341 e. The van der Waals surface area contributed by atoms with Crippen molar-refractivity contribution >= 4 is 32.7 Å². The van der Waals surface area contributed by atoms with Crippen LogP contribution >= 0.6 is 0 Å². The Morgan fingerprint density at radius 2 is 1.97 bits per heavy atom. The summed E-state index contributed by atoms with van der Waals surface area (Å²) in [5, 5.41) is 12.1. The molecule has 0 amide bonds. The highest BCUT2D eigenvalue weighted by atomic mass is 32.2. The van der Waals surface area contributed by atoms with Crippen molar-refractivity contribution in [3.8, 4) is 0 Å². The van der Waals surface area contributed by atoms with Crippen molar-refractivity contribution in [1.29, 1.82) is 0 Å². The highest BCUT2D eigenvalue weighted by Gasteiger charge is 2.26. The van der Waals surface area contributed by atoms with Gasteiger partial charge in [-0.3, -0.25) is 9.35 Å². The van der Waals surface area contributed by atoms with E-state index in [0.717, 1.165) is 12.3 Å². The predicted molar refractivity (Wildman–Crippen MR) is 108 cm³/mol. The first-order valence-electron chi connectivity index (χ1n) is 9.04. The zero-order valence-electron chi connectivity index (χ0n) is 16.6. The molecule has 2 aromatic rings. The highest BCUT2D eigenvalue weighted by Crippen LogP contribution is 2.30. The van der Waals surface area contributed by atoms with Crippen LogP contribution in [0.5, 0.6) is 0 Å². The molecule has 3 N–H and O–H groups in total. The zero-order valence-corrected chi connectivity index (χ0v) is 17.5. The number of carboxylic acid groups (broad SMARTS) is 1. The Labute approximate surface area is 171 Å². The summed E-state index contributed by atoms with van der Waals surface area (Å²) in [4.78, 5) is 25.2. The standard InChI is InChI=1S/C17H19F2N3O3.CH4O3S/c1-3-21-8-11(17(24)25)16(23)10-6-12(18)15(13(19)14(10)21)22-5-4-20-9(2)7-22;1-5(2,3)4/h6,8-9,20H,3-5,7H2,1-2H3,(H,24,25);1H3,(H,2,3,4).